The van der Waals surface area contributed by atoms with Crippen LogP contribution in [0.1, 0.15) is 55.6 Å². The molecule has 9 heteroatoms. The highest BCUT2D eigenvalue weighted by molar-refractivity contribution is 5.94. The molecule has 5 rings (SSSR count). The summed E-state index contributed by atoms with van der Waals surface area (Å²) in [5.74, 6) is 0.426. The minimum atomic E-state index is -0.233. The monoisotopic (exact) mass is 443 g/mol. The van der Waals surface area contributed by atoms with Crippen molar-refractivity contribution < 1.29 is 9.53 Å². The van der Waals surface area contributed by atoms with E-state index in [1.807, 2.05) is 38.2 Å². The smallest absolute Gasteiger partial charge is 0.338 e. The number of hydrogen-bond donors (Lipinski definition) is 1. The number of esters is 1. The quantitative estimate of drug-likeness (QED) is 0.612. The Morgan fingerprint density at radius 1 is 1.30 bits per heavy atom. The lowest BCUT2D eigenvalue weighted by Crippen LogP contribution is -2.45. The summed E-state index contributed by atoms with van der Waals surface area (Å²) in [6, 6.07) is 8.14. The van der Waals surface area contributed by atoms with Crippen LogP contribution in [0.3, 0.4) is 0 Å². The number of ether oxygens (including phenoxy) is 1. The van der Waals surface area contributed by atoms with E-state index in [1.165, 1.54) is 5.56 Å². The molecular weight excluding hydrogens is 418 g/mol. The van der Waals surface area contributed by atoms with E-state index in [9.17, 15) is 10.1 Å². The van der Waals surface area contributed by atoms with E-state index in [4.69, 9.17) is 4.74 Å². The topological polar surface area (TPSA) is 109 Å². The van der Waals surface area contributed by atoms with Crippen molar-refractivity contribution in [1.29, 1.82) is 5.26 Å². The van der Waals surface area contributed by atoms with Crippen LogP contribution in [0.2, 0.25) is 0 Å². The van der Waals surface area contributed by atoms with E-state index in [0.29, 0.717) is 35.8 Å². The molecule has 0 bridgehead atoms. The van der Waals surface area contributed by atoms with Crippen molar-refractivity contribution in [3.05, 3.63) is 69.2 Å². The molecule has 1 aromatic carbocycles. The van der Waals surface area contributed by atoms with Crippen LogP contribution in [0.5, 0.6) is 0 Å². The predicted molar refractivity (Wildman–Crippen MR) is 120 cm³/mol. The molecule has 1 N–H and O–H groups in total. The van der Waals surface area contributed by atoms with Crippen molar-refractivity contribution in [2.24, 2.45) is 0 Å². The van der Waals surface area contributed by atoms with Gasteiger partial charge in [-0.25, -0.2) is 14.5 Å². The van der Waals surface area contributed by atoms with Gasteiger partial charge in [0.25, 0.3) is 0 Å². The highest BCUT2D eigenvalue weighted by Crippen LogP contribution is 2.30. The normalized spacial score (nSPS) is 18.1. The molecule has 168 valence electrons. The zero-order chi connectivity index (χ0) is 23.1. The first-order valence-electron chi connectivity index (χ1n) is 11.0. The van der Waals surface area contributed by atoms with Gasteiger partial charge in [0.15, 0.2) is 5.82 Å². The summed E-state index contributed by atoms with van der Waals surface area (Å²) >= 11 is 0. The molecule has 9 nitrogen and oxygen atoms in total. The molecule has 3 aromatic rings. The standard InChI is InChI=1S/C24H25N7O2/c1-14-8-23(27-16(3)20(14)9-25)31-11-17(28-29-31)10-30-7-6-26-22(12-30)18-4-5-19-21(15(18)2)13-33-24(19)32/h4-5,8,11,22,26H,6-7,10,12-13H2,1-3H3. The predicted octanol–water partition coefficient (Wildman–Crippen LogP) is 2.28. The number of nitrogens with one attached hydrogen (secondary N) is 1. The molecule has 1 saturated heterocycles. The first kappa shape index (κ1) is 21.2. The zero-order valence-electron chi connectivity index (χ0n) is 18.9. The number of cyclic esters (lactones) is 1. The Morgan fingerprint density at radius 2 is 2.15 bits per heavy atom. The van der Waals surface area contributed by atoms with Crippen molar-refractivity contribution in [2.75, 3.05) is 19.6 Å². The van der Waals surface area contributed by atoms with Gasteiger partial charge in [0.1, 0.15) is 12.7 Å². The van der Waals surface area contributed by atoms with Crippen LogP contribution in [-0.4, -0.2) is 50.5 Å². The van der Waals surface area contributed by atoms with Crippen LogP contribution >= 0.6 is 0 Å². The van der Waals surface area contributed by atoms with E-state index in [1.54, 1.807) is 4.68 Å². The molecule has 2 aromatic heterocycles. The fraction of sp³-hybridized carbons (Fsp3) is 0.375. The Hall–Kier alpha value is -3.61. The highest BCUT2D eigenvalue weighted by atomic mass is 16.5. The lowest BCUT2D eigenvalue weighted by atomic mass is 9.93. The minimum Gasteiger partial charge on any atom is -0.457 e. The van der Waals surface area contributed by atoms with Crippen molar-refractivity contribution in [2.45, 2.75) is 40.0 Å². The second-order valence-corrected chi connectivity index (χ2v) is 8.65. The van der Waals surface area contributed by atoms with Crippen LogP contribution in [0.15, 0.2) is 24.4 Å². The van der Waals surface area contributed by atoms with Crippen molar-refractivity contribution in [3.63, 3.8) is 0 Å². The molecule has 2 aliphatic rings. The molecule has 0 saturated carbocycles. The maximum Gasteiger partial charge on any atom is 0.338 e. The molecule has 1 fully saturated rings. The average molecular weight is 444 g/mol. The number of piperazine rings is 1. The number of aryl methyl sites for hydroxylation is 2. The van der Waals surface area contributed by atoms with Crippen LogP contribution in [0.25, 0.3) is 5.82 Å². The van der Waals surface area contributed by atoms with Gasteiger partial charge in [-0.15, -0.1) is 5.10 Å². The van der Waals surface area contributed by atoms with E-state index < -0.39 is 0 Å². The third-order valence-electron chi connectivity index (χ3n) is 6.50. The Morgan fingerprint density at radius 3 is 2.94 bits per heavy atom. The summed E-state index contributed by atoms with van der Waals surface area (Å²) in [5, 5.41) is 21.5. The van der Waals surface area contributed by atoms with E-state index >= 15 is 0 Å². The van der Waals surface area contributed by atoms with Gasteiger partial charge in [0.05, 0.1) is 28.7 Å². The second kappa shape index (κ2) is 8.39. The van der Waals surface area contributed by atoms with Gasteiger partial charge in [0.2, 0.25) is 0 Å². The van der Waals surface area contributed by atoms with E-state index in [-0.39, 0.29) is 12.0 Å². The average Bonchev–Trinajstić information content (AvgIpc) is 3.41. The summed E-state index contributed by atoms with van der Waals surface area (Å²) in [6.07, 6.45) is 1.90. The molecule has 2 aliphatic heterocycles. The minimum absolute atomic E-state index is 0.167. The Labute approximate surface area is 192 Å². The Bertz CT molecular complexity index is 1270. The molecule has 0 amide bonds. The molecule has 33 heavy (non-hydrogen) atoms. The van der Waals surface area contributed by atoms with Crippen molar-refractivity contribution in [3.8, 4) is 11.9 Å². The SMILES string of the molecule is Cc1cc(-n2cc(CN3CCNC(c4ccc5c(c4C)COC5=O)C3)nn2)nc(C)c1C#N. The number of nitrogens with zero attached hydrogens (tertiary/aromatic N) is 6. The molecule has 1 unspecified atom stereocenters. The maximum absolute atomic E-state index is 11.9. The molecule has 0 aliphatic carbocycles. The summed E-state index contributed by atoms with van der Waals surface area (Å²) in [6.45, 7) is 9.43. The van der Waals surface area contributed by atoms with Crippen LogP contribution < -0.4 is 5.32 Å². The van der Waals surface area contributed by atoms with Crippen LogP contribution in [0, 0.1) is 32.1 Å². The molecular formula is C24H25N7O2. The zero-order valence-corrected chi connectivity index (χ0v) is 18.9. The summed E-state index contributed by atoms with van der Waals surface area (Å²) < 4.78 is 6.87. The van der Waals surface area contributed by atoms with E-state index in [0.717, 1.165) is 42.0 Å². The number of benzene rings is 1. The largest absolute Gasteiger partial charge is 0.457 e. The summed E-state index contributed by atoms with van der Waals surface area (Å²) in [7, 11) is 0. The molecule has 0 radical (unpaired) electrons. The number of aromatic nitrogens is 4. The number of carbonyl (C=O) groups is 1. The van der Waals surface area contributed by atoms with Gasteiger partial charge in [-0.2, -0.15) is 5.26 Å². The lowest BCUT2D eigenvalue weighted by molar-refractivity contribution is 0.0535. The van der Waals surface area contributed by atoms with Gasteiger partial charge < -0.3 is 10.1 Å². The maximum atomic E-state index is 11.9. The van der Waals surface area contributed by atoms with E-state index in [2.05, 4.69) is 38.5 Å². The highest BCUT2D eigenvalue weighted by Gasteiger charge is 2.28. The Balaban J connectivity index is 1.31. The summed E-state index contributed by atoms with van der Waals surface area (Å²) in [4.78, 5) is 18.7. The van der Waals surface area contributed by atoms with Crippen LogP contribution in [0.4, 0.5) is 0 Å². The number of hydrogen-bond acceptors (Lipinski definition) is 8. The molecule has 4 heterocycles. The van der Waals surface area contributed by atoms with Gasteiger partial charge in [-0.3, -0.25) is 4.90 Å². The summed E-state index contributed by atoms with van der Waals surface area (Å²) in [5.41, 5.74) is 7.03. The van der Waals surface area contributed by atoms with Gasteiger partial charge in [0, 0.05) is 37.8 Å². The molecule has 0 spiro atoms. The first-order chi connectivity index (χ1) is 15.9. The number of nitriles is 1. The third kappa shape index (κ3) is 3.88. The number of rotatable bonds is 4. The third-order valence-corrected chi connectivity index (χ3v) is 6.50. The van der Waals surface area contributed by atoms with Gasteiger partial charge in [-0.1, -0.05) is 11.3 Å². The lowest BCUT2D eigenvalue weighted by Gasteiger charge is -2.34. The van der Waals surface area contributed by atoms with Gasteiger partial charge >= 0.3 is 5.97 Å². The fourth-order valence-corrected chi connectivity index (χ4v) is 4.72. The van der Waals surface area contributed by atoms with Crippen LogP contribution in [-0.2, 0) is 17.9 Å². The van der Waals surface area contributed by atoms with Gasteiger partial charge in [-0.05, 0) is 49.6 Å². The van der Waals surface area contributed by atoms with Crippen molar-refractivity contribution in [1.82, 2.24) is 30.2 Å². The Kier molecular flexibility index (Phi) is 5.40. The fourth-order valence-electron chi connectivity index (χ4n) is 4.72. The first-order valence-corrected chi connectivity index (χ1v) is 11.0. The molecule has 1 atom stereocenters. The van der Waals surface area contributed by atoms with Crippen molar-refractivity contribution >= 4 is 5.97 Å². The second-order valence-electron chi connectivity index (χ2n) is 8.65. The number of fused-ring (bicyclic) bond motifs is 1. The number of pyridine rings is 1. The number of carbonyl (C=O) groups excluding carboxylic acids is 1.